The minimum absolute atomic E-state index is 0. The van der Waals surface area contributed by atoms with E-state index in [9.17, 15) is 4.79 Å². The van der Waals surface area contributed by atoms with Gasteiger partial charge in [-0.15, -0.1) is 24.8 Å². The van der Waals surface area contributed by atoms with E-state index in [1.165, 1.54) is 25.9 Å². The van der Waals surface area contributed by atoms with Crippen LogP contribution in [0.25, 0.3) is 0 Å². The van der Waals surface area contributed by atoms with E-state index in [-0.39, 0.29) is 36.8 Å². The van der Waals surface area contributed by atoms with Crippen LogP contribution in [0.3, 0.4) is 0 Å². The highest BCUT2D eigenvalue weighted by atomic mass is 35.5. The molecule has 19 heavy (non-hydrogen) atoms. The highest BCUT2D eigenvalue weighted by molar-refractivity contribution is 5.85. The zero-order chi connectivity index (χ0) is 12.3. The molecule has 1 atom stereocenters. The molecule has 1 amide bonds. The Hall–Kier alpha value is -0.0300. The lowest BCUT2D eigenvalue weighted by molar-refractivity contribution is -0.134. The van der Waals surface area contributed by atoms with Gasteiger partial charge in [-0.05, 0) is 45.2 Å². The summed E-state index contributed by atoms with van der Waals surface area (Å²) in [5.41, 5.74) is 5.80. The SMILES string of the molecule is CC[C@H](N)C(=O)N1CCC(N2CCCC2)CC1.Cl.Cl. The van der Waals surface area contributed by atoms with Gasteiger partial charge in [-0.3, -0.25) is 4.79 Å². The zero-order valence-electron chi connectivity index (χ0n) is 11.7. The molecule has 0 spiro atoms. The third kappa shape index (κ3) is 4.78. The number of hydrogen-bond acceptors (Lipinski definition) is 3. The van der Waals surface area contributed by atoms with E-state index in [0.29, 0.717) is 6.04 Å². The maximum Gasteiger partial charge on any atom is 0.239 e. The summed E-state index contributed by atoms with van der Waals surface area (Å²) in [4.78, 5) is 16.5. The van der Waals surface area contributed by atoms with Crippen LogP contribution in [-0.4, -0.2) is 54.0 Å². The van der Waals surface area contributed by atoms with Gasteiger partial charge in [0, 0.05) is 19.1 Å². The summed E-state index contributed by atoms with van der Waals surface area (Å²) >= 11 is 0. The standard InChI is InChI=1S/C13H25N3O.2ClH/c1-2-12(14)13(17)16-9-5-11(6-10-16)15-7-3-4-8-15;;/h11-12H,2-10,14H2,1H3;2*1H/t12-;;/m0../s1. The molecule has 2 rings (SSSR count). The molecule has 2 fully saturated rings. The van der Waals surface area contributed by atoms with E-state index in [1.807, 2.05) is 11.8 Å². The van der Waals surface area contributed by atoms with E-state index in [0.717, 1.165) is 32.4 Å². The molecule has 2 saturated heterocycles. The fourth-order valence-electron chi connectivity index (χ4n) is 2.97. The Morgan fingerprint density at radius 2 is 1.68 bits per heavy atom. The number of nitrogens with two attached hydrogens (primary N) is 1. The van der Waals surface area contributed by atoms with E-state index in [4.69, 9.17) is 5.73 Å². The summed E-state index contributed by atoms with van der Waals surface area (Å²) in [5.74, 6) is 0.146. The molecular weight excluding hydrogens is 285 g/mol. The quantitative estimate of drug-likeness (QED) is 0.862. The van der Waals surface area contributed by atoms with Crippen molar-refractivity contribution in [1.29, 1.82) is 0 Å². The second-order valence-corrected chi connectivity index (χ2v) is 5.31. The van der Waals surface area contributed by atoms with Crippen molar-refractivity contribution in [3.63, 3.8) is 0 Å². The second-order valence-electron chi connectivity index (χ2n) is 5.31. The lowest BCUT2D eigenvalue weighted by Crippen LogP contribution is -2.50. The van der Waals surface area contributed by atoms with Crippen LogP contribution in [0, 0.1) is 0 Å². The molecule has 4 nitrogen and oxygen atoms in total. The van der Waals surface area contributed by atoms with E-state index in [1.54, 1.807) is 0 Å². The van der Waals surface area contributed by atoms with Crippen molar-refractivity contribution >= 4 is 30.7 Å². The van der Waals surface area contributed by atoms with Crippen molar-refractivity contribution in [2.45, 2.75) is 51.1 Å². The van der Waals surface area contributed by atoms with Gasteiger partial charge in [0.05, 0.1) is 6.04 Å². The van der Waals surface area contributed by atoms with Gasteiger partial charge >= 0.3 is 0 Å². The molecule has 0 bridgehead atoms. The van der Waals surface area contributed by atoms with Gasteiger partial charge < -0.3 is 15.5 Å². The third-order valence-corrected chi connectivity index (χ3v) is 4.19. The van der Waals surface area contributed by atoms with Crippen molar-refractivity contribution in [1.82, 2.24) is 9.80 Å². The average molecular weight is 312 g/mol. The highest BCUT2D eigenvalue weighted by Gasteiger charge is 2.29. The van der Waals surface area contributed by atoms with Crippen molar-refractivity contribution < 1.29 is 4.79 Å². The highest BCUT2D eigenvalue weighted by Crippen LogP contribution is 2.21. The lowest BCUT2D eigenvalue weighted by atomic mass is 10.0. The normalized spacial score (nSPS) is 22.5. The Labute approximate surface area is 128 Å². The minimum atomic E-state index is -0.293. The smallest absolute Gasteiger partial charge is 0.239 e. The molecule has 0 aromatic heterocycles. The average Bonchev–Trinajstić information content (AvgIpc) is 2.91. The second kappa shape index (κ2) is 9.01. The summed E-state index contributed by atoms with van der Waals surface area (Å²) in [7, 11) is 0. The van der Waals surface area contributed by atoms with Crippen molar-refractivity contribution in [2.75, 3.05) is 26.2 Å². The van der Waals surface area contributed by atoms with Crippen LogP contribution in [0.1, 0.15) is 39.0 Å². The predicted molar refractivity (Wildman–Crippen MR) is 83.2 cm³/mol. The number of carbonyl (C=O) groups is 1. The van der Waals surface area contributed by atoms with Crippen LogP contribution in [0.4, 0.5) is 0 Å². The molecule has 2 aliphatic rings. The minimum Gasteiger partial charge on any atom is -0.341 e. The summed E-state index contributed by atoms with van der Waals surface area (Å²) in [5, 5.41) is 0. The number of hydrogen-bond donors (Lipinski definition) is 1. The Balaban J connectivity index is 0.00000162. The van der Waals surface area contributed by atoms with Gasteiger partial charge in [-0.1, -0.05) is 6.92 Å². The Bertz CT molecular complexity index is 265. The monoisotopic (exact) mass is 311 g/mol. The number of nitrogens with zero attached hydrogens (tertiary/aromatic N) is 2. The fraction of sp³-hybridized carbons (Fsp3) is 0.923. The van der Waals surface area contributed by atoms with Gasteiger partial charge in [-0.25, -0.2) is 0 Å². The summed E-state index contributed by atoms with van der Waals surface area (Å²) in [6, 6.07) is 0.415. The molecule has 2 N–H and O–H groups in total. The predicted octanol–water partition coefficient (Wildman–Crippen LogP) is 1.65. The fourth-order valence-corrected chi connectivity index (χ4v) is 2.97. The van der Waals surface area contributed by atoms with Gasteiger partial charge in [0.2, 0.25) is 5.91 Å². The number of likely N-dealkylation sites (tertiary alicyclic amines) is 2. The number of amides is 1. The Morgan fingerprint density at radius 3 is 2.16 bits per heavy atom. The molecule has 0 aromatic carbocycles. The van der Waals surface area contributed by atoms with Crippen LogP contribution >= 0.6 is 24.8 Å². The van der Waals surface area contributed by atoms with Gasteiger partial charge in [0.1, 0.15) is 0 Å². The number of rotatable bonds is 3. The van der Waals surface area contributed by atoms with Gasteiger partial charge in [0.25, 0.3) is 0 Å². The molecule has 2 aliphatic heterocycles. The maximum absolute atomic E-state index is 11.9. The van der Waals surface area contributed by atoms with Crippen molar-refractivity contribution in [3.05, 3.63) is 0 Å². The van der Waals surface area contributed by atoms with Crippen molar-refractivity contribution in [2.24, 2.45) is 5.73 Å². The summed E-state index contributed by atoms with van der Waals surface area (Å²) in [6.45, 7) is 6.28. The van der Waals surface area contributed by atoms with Crippen LogP contribution in [0.5, 0.6) is 0 Å². The maximum atomic E-state index is 11.9. The van der Waals surface area contributed by atoms with Gasteiger partial charge in [0.15, 0.2) is 0 Å². The van der Waals surface area contributed by atoms with E-state index >= 15 is 0 Å². The number of piperidine rings is 1. The number of halogens is 2. The van der Waals surface area contributed by atoms with Crippen LogP contribution in [-0.2, 0) is 4.79 Å². The number of carbonyl (C=O) groups excluding carboxylic acids is 1. The molecular formula is C13H27Cl2N3O. The topological polar surface area (TPSA) is 49.6 Å². The molecule has 6 heteroatoms. The lowest BCUT2D eigenvalue weighted by Gasteiger charge is -2.37. The summed E-state index contributed by atoms with van der Waals surface area (Å²) < 4.78 is 0. The molecule has 0 radical (unpaired) electrons. The molecule has 0 saturated carbocycles. The third-order valence-electron chi connectivity index (χ3n) is 4.19. The molecule has 0 unspecified atom stereocenters. The van der Waals surface area contributed by atoms with Crippen LogP contribution < -0.4 is 5.73 Å². The first-order valence-electron chi connectivity index (χ1n) is 7.00. The van der Waals surface area contributed by atoms with E-state index < -0.39 is 0 Å². The molecule has 0 aliphatic carbocycles. The van der Waals surface area contributed by atoms with Crippen molar-refractivity contribution in [3.8, 4) is 0 Å². The van der Waals surface area contributed by atoms with Crippen LogP contribution in [0.2, 0.25) is 0 Å². The molecule has 2 heterocycles. The molecule has 114 valence electrons. The molecule has 0 aromatic rings. The van der Waals surface area contributed by atoms with Crippen LogP contribution in [0.15, 0.2) is 0 Å². The summed E-state index contributed by atoms with van der Waals surface area (Å²) in [6.07, 6.45) is 5.69. The first kappa shape index (κ1) is 19.0. The first-order chi connectivity index (χ1) is 8.22. The Morgan fingerprint density at radius 1 is 1.16 bits per heavy atom. The van der Waals surface area contributed by atoms with E-state index in [2.05, 4.69) is 4.90 Å². The zero-order valence-corrected chi connectivity index (χ0v) is 13.3. The largest absolute Gasteiger partial charge is 0.341 e. The Kier molecular flexibility index (Phi) is 8.99. The van der Waals surface area contributed by atoms with Gasteiger partial charge in [-0.2, -0.15) is 0 Å². The first-order valence-corrected chi connectivity index (χ1v) is 7.00.